The van der Waals surface area contributed by atoms with Gasteiger partial charge in [0.2, 0.25) is 5.95 Å². The molecule has 4 aromatic carbocycles. The van der Waals surface area contributed by atoms with E-state index in [1.807, 2.05) is 0 Å². The molecule has 0 unspecified atom stereocenters. The topological polar surface area (TPSA) is 43.6 Å². The van der Waals surface area contributed by atoms with Gasteiger partial charge in [0.05, 0.1) is 11.0 Å². The Balaban J connectivity index is 1.77. The van der Waals surface area contributed by atoms with E-state index in [0.717, 1.165) is 11.0 Å². The first-order valence-electron chi connectivity index (χ1n) is 10.9. The zero-order valence-electron chi connectivity index (χ0n) is 17.9. The van der Waals surface area contributed by atoms with Gasteiger partial charge in [-0.2, -0.15) is 0 Å². The van der Waals surface area contributed by atoms with Crippen LogP contribution in [-0.4, -0.2) is 19.5 Å². The lowest BCUT2D eigenvalue weighted by atomic mass is 9.82. The fraction of sp³-hybridized carbons (Fsp3) is 0.107. The summed E-state index contributed by atoms with van der Waals surface area (Å²) < 4.78 is 2.21. The van der Waals surface area contributed by atoms with Crippen molar-refractivity contribution < 1.29 is 0 Å². The number of rotatable bonds is 1. The van der Waals surface area contributed by atoms with Gasteiger partial charge in [-0.15, -0.1) is 0 Å². The van der Waals surface area contributed by atoms with Gasteiger partial charge in [-0.1, -0.05) is 80.6 Å². The summed E-state index contributed by atoms with van der Waals surface area (Å²) in [5.41, 5.74) is 7.50. The van der Waals surface area contributed by atoms with Gasteiger partial charge in [-0.25, -0.2) is 15.0 Å². The standard InChI is InChI=1S/C28H20N4/c1-28(2)21-13-11-17-7-3-4-8-18(17)24(21)25-22(28)14-12-20-19-9-5-6-10-23(19)32(26(20)25)27-30-15-29-16-31-27/h3-16H,1-2H3. The van der Waals surface area contributed by atoms with E-state index in [4.69, 9.17) is 0 Å². The van der Waals surface area contributed by atoms with Crippen molar-refractivity contribution in [3.63, 3.8) is 0 Å². The molecule has 0 fully saturated rings. The fourth-order valence-electron chi connectivity index (χ4n) is 5.59. The highest BCUT2D eigenvalue weighted by atomic mass is 15.2. The number of hydrogen-bond acceptors (Lipinski definition) is 3. The monoisotopic (exact) mass is 412 g/mol. The van der Waals surface area contributed by atoms with Crippen LogP contribution < -0.4 is 0 Å². The van der Waals surface area contributed by atoms with Gasteiger partial charge in [0, 0.05) is 21.8 Å². The lowest BCUT2D eigenvalue weighted by Gasteiger charge is -2.21. The van der Waals surface area contributed by atoms with E-state index < -0.39 is 0 Å². The summed E-state index contributed by atoms with van der Waals surface area (Å²) in [6.45, 7) is 4.66. The Hall–Kier alpha value is -4.05. The number of nitrogens with zero attached hydrogens (tertiary/aromatic N) is 4. The summed E-state index contributed by atoms with van der Waals surface area (Å²) in [6, 6.07) is 26.3. The minimum atomic E-state index is -0.0940. The second kappa shape index (κ2) is 6.01. The van der Waals surface area contributed by atoms with Gasteiger partial charge in [0.25, 0.3) is 0 Å². The number of aromatic nitrogens is 4. The van der Waals surface area contributed by atoms with Crippen LogP contribution in [0.4, 0.5) is 0 Å². The average molecular weight is 412 g/mol. The van der Waals surface area contributed by atoms with E-state index in [1.54, 1.807) is 12.7 Å². The smallest absolute Gasteiger partial charge is 0.237 e. The van der Waals surface area contributed by atoms with Gasteiger partial charge in [-0.05, 0) is 33.5 Å². The molecule has 2 aromatic heterocycles. The number of hydrogen-bond donors (Lipinski definition) is 0. The molecule has 0 radical (unpaired) electrons. The third kappa shape index (κ3) is 2.09. The van der Waals surface area contributed by atoms with Gasteiger partial charge in [-0.3, -0.25) is 4.57 Å². The molecule has 6 aromatic rings. The molecule has 1 aliphatic carbocycles. The zero-order chi connectivity index (χ0) is 21.4. The van der Waals surface area contributed by atoms with Crippen LogP contribution in [0.1, 0.15) is 25.0 Å². The minimum absolute atomic E-state index is 0.0940. The Labute approximate surface area is 185 Å². The van der Waals surface area contributed by atoms with Crippen molar-refractivity contribution in [2.45, 2.75) is 19.3 Å². The molecule has 0 atom stereocenters. The van der Waals surface area contributed by atoms with Crippen LogP contribution in [0.25, 0.3) is 49.7 Å². The van der Waals surface area contributed by atoms with Crippen LogP contribution in [0, 0.1) is 0 Å². The van der Waals surface area contributed by atoms with Gasteiger partial charge >= 0.3 is 0 Å². The normalized spacial score (nSPS) is 14.2. The Kier molecular flexibility index (Phi) is 3.31. The lowest BCUT2D eigenvalue weighted by molar-refractivity contribution is 0.661. The molecule has 0 bridgehead atoms. The maximum absolute atomic E-state index is 4.54. The SMILES string of the molecule is CC1(C)c2ccc3ccccc3c2-c2c1ccc1c3ccccc3n(-c3ncncn3)c21. The second-order valence-corrected chi connectivity index (χ2v) is 9.01. The summed E-state index contributed by atoms with van der Waals surface area (Å²) in [7, 11) is 0. The van der Waals surface area contributed by atoms with E-state index in [9.17, 15) is 0 Å². The van der Waals surface area contributed by atoms with Crippen molar-refractivity contribution in [3.8, 4) is 17.1 Å². The first-order valence-corrected chi connectivity index (χ1v) is 10.9. The van der Waals surface area contributed by atoms with Crippen molar-refractivity contribution in [1.82, 2.24) is 19.5 Å². The van der Waals surface area contributed by atoms with E-state index in [2.05, 4.69) is 106 Å². The quantitative estimate of drug-likeness (QED) is 0.313. The van der Waals surface area contributed by atoms with Crippen LogP contribution in [0.15, 0.2) is 85.5 Å². The highest BCUT2D eigenvalue weighted by Gasteiger charge is 2.38. The summed E-state index contributed by atoms with van der Waals surface area (Å²) in [5.74, 6) is 0.645. The van der Waals surface area contributed by atoms with Crippen molar-refractivity contribution in [2.24, 2.45) is 0 Å². The second-order valence-electron chi connectivity index (χ2n) is 9.01. The van der Waals surface area contributed by atoms with Crippen LogP contribution >= 0.6 is 0 Å². The Morgan fingerprint density at radius 3 is 2.19 bits per heavy atom. The largest absolute Gasteiger partial charge is 0.277 e. The van der Waals surface area contributed by atoms with E-state index in [0.29, 0.717) is 5.95 Å². The third-order valence-electron chi connectivity index (χ3n) is 7.04. The molecule has 0 aliphatic heterocycles. The molecule has 2 heterocycles. The maximum atomic E-state index is 4.54. The van der Waals surface area contributed by atoms with E-state index in [-0.39, 0.29) is 5.41 Å². The first-order chi connectivity index (χ1) is 15.7. The highest BCUT2D eigenvalue weighted by Crippen LogP contribution is 2.54. The number of para-hydroxylation sites is 1. The molecule has 0 saturated carbocycles. The predicted octanol–water partition coefficient (Wildman–Crippen LogP) is 6.43. The van der Waals surface area contributed by atoms with E-state index in [1.165, 1.54) is 43.8 Å². The van der Waals surface area contributed by atoms with Crippen LogP contribution in [0.2, 0.25) is 0 Å². The molecule has 152 valence electrons. The maximum Gasteiger partial charge on any atom is 0.237 e. The Morgan fingerprint density at radius 2 is 1.34 bits per heavy atom. The summed E-state index contributed by atoms with van der Waals surface area (Å²) in [6.07, 6.45) is 3.14. The zero-order valence-corrected chi connectivity index (χ0v) is 17.9. The summed E-state index contributed by atoms with van der Waals surface area (Å²) in [4.78, 5) is 13.1. The van der Waals surface area contributed by atoms with E-state index >= 15 is 0 Å². The molecule has 0 amide bonds. The molecule has 4 heteroatoms. The van der Waals surface area contributed by atoms with Crippen LogP contribution in [0.3, 0.4) is 0 Å². The van der Waals surface area contributed by atoms with Crippen molar-refractivity contribution in [2.75, 3.05) is 0 Å². The van der Waals surface area contributed by atoms with Crippen molar-refractivity contribution in [3.05, 3.63) is 96.6 Å². The molecule has 0 N–H and O–H groups in total. The Morgan fingerprint density at radius 1 is 0.656 bits per heavy atom. The molecular formula is C28H20N4. The number of fused-ring (bicyclic) bond motifs is 9. The van der Waals surface area contributed by atoms with Gasteiger partial charge < -0.3 is 0 Å². The minimum Gasteiger partial charge on any atom is -0.277 e. The number of benzene rings is 4. The molecule has 32 heavy (non-hydrogen) atoms. The van der Waals surface area contributed by atoms with Crippen molar-refractivity contribution in [1.29, 1.82) is 0 Å². The third-order valence-corrected chi connectivity index (χ3v) is 7.04. The molecule has 0 saturated heterocycles. The van der Waals surface area contributed by atoms with Crippen molar-refractivity contribution >= 4 is 32.6 Å². The summed E-state index contributed by atoms with van der Waals surface area (Å²) >= 11 is 0. The average Bonchev–Trinajstić information content (AvgIpc) is 3.29. The fourth-order valence-corrected chi connectivity index (χ4v) is 5.59. The van der Waals surface area contributed by atoms with Crippen LogP contribution in [0.5, 0.6) is 0 Å². The molecule has 1 aliphatic rings. The van der Waals surface area contributed by atoms with Crippen LogP contribution in [-0.2, 0) is 5.41 Å². The van der Waals surface area contributed by atoms with Gasteiger partial charge in [0.15, 0.2) is 0 Å². The highest BCUT2D eigenvalue weighted by molar-refractivity contribution is 6.18. The Bertz CT molecular complexity index is 1690. The van der Waals surface area contributed by atoms with Gasteiger partial charge in [0.1, 0.15) is 12.7 Å². The molecule has 4 nitrogen and oxygen atoms in total. The summed E-state index contributed by atoms with van der Waals surface area (Å²) in [5, 5.41) is 4.97. The molecule has 0 spiro atoms. The molecular weight excluding hydrogens is 392 g/mol. The first kappa shape index (κ1) is 17.6. The molecule has 7 rings (SSSR count). The lowest BCUT2D eigenvalue weighted by Crippen LogP contribution is -2.14. The predicted molar refractivity (Wildman–Crippen MR) is 129 cm³/mol.